The first-order chi connectivity index (χ1) is 9.49. The van der Waals surface area contributed by atoms with Gasteiger partial charge in [0.05, 0.1) is 12.4 Å². The highest BCUT2D eigenvalue weighted by molar-refractivity contribution is 6.35. The van der Waals surface area contributed by atoms with Gasteiger partial charge in [-0.3, -0.25) is 4.79 Å². The van der Waals surface area contributed by atoms with Gasteiger partial charge in [-0.15, -0.1) is 0 Å². The number of hydrogen-bond donors (Lipinski definition) is 2. The molecule has 2 aromatic rings. The maximum Gasteiger partial charge on any atom is 0.287 e. The Morgan fingerprint density at radius 1 is 1.40 bits per heavy atom. The van der Waals surface area contributed by atoms with Gasteiger partial charge in [-0.25, -0.2) is 0 Å². The zero-order valence-corrected chi connectivity index (χ0v) is 12.2. The first-order valence-corrected chi connectivity index (χ1v) is 6.70. The van der Waals surface area contributed by atoms with E-state index in [2.05, 4.69) is 5.32 Å². The molecule has 4 nitrogen and oxygen atoms in total. The summed E-state index contributed by atoms with van der Waals surface area (Å²) in [5, 5.41) is 13.5. The van der Waals surface area contributed by atoms with Crippen LogP contribution >= 0.6 is 23.2 Å². The molecule has 20 heavy (non-hydrogen) atoms. The number of amides is 1. The summed E-state index contributed by atoms with van der Waals surface area (Å²) in [7, 11) is 0. The minimum Gasteiger partial charge on any atom is -0.459 e. The largest absolute Gasteiger partial charge is 0.459 e. The van der Waals surface area contributed by atoms with Gasteiger partial charge in [0, 0.05) is 27.7 Å². The Morgan fingerprint density at radius 3 is 2.75 bits per heavy atom. The van der Waals surface area contributed by atoms with E-state index in [1.807, 2.05) is 0 Å². The molecule has 0 spiro atoms. The minimum absolute atomic E-state index is 0.0281. The number of benzene rings is 1. The summed E-state index contributed by atoms with van der Waals surface area (Å²) in [6.45, 7) is 1.80. The summed E-state index contributed by atoms with van der Waals surface area (Å²) in [5.74, 6) is -0.143. The first-order valence-electron chi connectivity index (χ1n) is 5.94. The summed E-state index contributed by atoms with van der Waals surface area (Å²) in [4.78, 5) is 11.8. The summed E-state index contributed by atoms with van der Waals surface area (Å²) < 4.78 is 5.07. The average molecular weight is 314 g/mol. The lowest BCUT2D eigenvalue weighted by Crippen LogP contribution is -2.28. The quantitative estimate of drug-likeness (QED) is 0.909. The zero-order valence-electron chi connectivity index (χ0n) is 10.7. The molecule has 1 aromatic heterocycles. The van der Waals surface area contributed by atoms with Crippen LogP contribution in [0.4, 0.5) is 0 Å². The highest BCUT2D eigenvalue weighted by Gasteiger charge is 2.16. The Morgan fingerprint density at radius 2 is 2.15 bits per heavy atom. The minimum atomic E-state index is -0.918. The highest BCUT2D eigenvalue weighted by atomic mass is 35.5. The molecule has 0 bridgehead atoms. The maximum atomic E-state index is 11.8. The summed E-state index contributed by atoms with van der Waals surface area (Å²) >= 11 is 11.8. The third kappa shape index (κ3) is 3.33. The molecule has 0 unspecified atom stereocenters. The molecule has 0 saturated heterocycles. The van der Waals surface area contributed by atoms with Crippen LogP contribution in [-0.2, 0) is 0 Å². The van der Waals surface area contributed by atoms with Crippen LogP contribution in [0.2, 0.25) is 10.0 Å². The molecule has 2 rings (SSSR count). The second-order valence-corrected chi connectivity index (χ2v) is 5.17. The molecule has 0 saturated carbocycles. The van der Waals surface area contributed by atoms with Gasteiger partial charge < -0.3 is 14.8 Å². The molecule has 0 fully saturated rings. The van der Waals surface area contributed by atoms with Gasteiger partial charge in [0.15, 0.2) is 5.76 Å². The Labute approximate surface area is 126 Å². The van der Waals surface area contributed by atoms with E-state index in [1.54, 1.807) is 31.2 Å². The van der Waals surface area contributed by atoms with E-state index >= 15 is 0 Å². The fourth-order valence-corrected chi connectivity index (χ4v) is 2.29. The Hall–Kier alpha value is -1.49. The van der Waals surface area contributed by atoms with E-state index in [4.69, 9.17) is 27.6 Å². The standard InChI is InChI=1S/C14H13Cl2NO3/c1-8-4-5-20-13(8)14(19)17-7-12(18)10-3-2-9(15)6-11(10)16/h2-6,12,18H,7H2,1H3,(H,17,19)/t12-/m1/s1. The molecule has 1 aromatic carbocycles. The van der Waals surface area contributed by atoms with E-state index in [1.165, 1.54) is 6.26 Å². The van der Waals surface area contributed by atoms with Crippen molar-refractivity contribution in [1.82, 2.24) is 5.32 Å². The topological polar surface area (TPSA) is 62.5 Å². The van der Waals surface area contributed by atoms with Gasteiger partial charge in [-0.2, -0.15) is 0 Å². The van der Waals surface area contributed by atoms with E-state index in [-0.39, 0.29) is 18.2 Å². The van der Waals surface area contributed by atoms with Gasteiger partial charge >= 0.3 is 0 Å². The number of carbonyl (C=O) groups excluding carboxylic acids is 1. The van der Waals surface area contributed by atoms with Crippen molar-refractivity contribution >= 4 is 29.1 Å². The van der Waals surface area contributed by atoms with Crippen molar-refractivity contribution < 1.29 is 14.3 Å². The van der Waals surface area contributed by atoms with Crippen molar-refractivity contribution in [2.24, 2.45) is 0 Å². The van der Waals surface area contributed by atoms with E-state index in [0.29, 0.717) is 15.6 Å². The second-order valence-electron chi connectivity index (χ2n) is 4.32. The second kappa shape index (κ2) is 6.31. The molecule has 1 amide bonds. The van der Waals surface area contributed by atoms with Gasteiger partial charge in [0.25, 0.3) is 5.91 Å². The fraction of sp³-hybridized carbons (Fsp3) is 0.214. The summed E-state index contributed by atoms with van der Waals surface area (Å²) in [6, 6.07) is 6.49. The maximum absolute atomic E-state index is 11.8. The van der Waals surface area contributed by atoms with Crippen molar-refractivity contribution in [3.05, 3.63) is 57.5 Å². The van der Waals surface area contributed by atoms with Crippen LogP contribution in [0.1, 0.15) is 27.8 Å². The average Bonchev–Trinajstić information content (AvgIpc) is 2.82. The summed E-state index contributed by atoms with van der Waals surface area (Å²) in [6.07, 6.45) is 0.524. The van der Waals surface area contributed by atoms with Gasteiger partial charge in [0.1, 0.15) is 0 Å². The number of halogens is 2. The molecule has 6 heteroatoms. The Bertz CT molecular complexity index is 625. The summed E-state index contributed by atoms with van der Waals surface area (Å²) in [5.41, 5.74) is 1.24. The van der Waals surface area contributed by atoms with Gasteiger partial charge in [-0.05, 0) is 25.1 Å². The van der Waals surface area contributed by atoms with Gasteiger partial charge in [0.2, 0.25) is 0 Å². The molecule has 0 aliphatic carbocycles. The number of carbonyl (C=O) groups is 1. The molecule has 1 heterocycles. The third-order valence-electron chi connectivity index (χ3n) is 2.85. The number of furan rings is 1. The smallest absolute Gasteiger partial charge is 0.287 e. The number of nitrogens with one attached hydrogen (secondary N) is 1. The van der Waals surface area contributed by atoms with Crippen LogP contribution in [0.5, 0.6) is 0 Å². The number of rotatable bonds is 4. The monoisotopic (exact) mass is 313 g/mol. The van der Waals surface area contributed by atoms with Crippen molar-refractivity contribution in [2.45, 2.75) is 13.0 Å². The van der Waals surface area contributed by atoms with Crippen LogP contribution in [-0.4, -0.2) is 17.6 Å². The van der Waals surface area contributed by atoms with Crippen LogP contribution in [0.25, 0.3) is 0 Å². The molecule has 1 atom stereocenters. The lowest BCUT2D eigenvalue weighted by atomic mass is 10.1. The molecule has 2 N–H and O–H groups in total. The number of aryl methyl sites for hydroxylation is 1. The predicted molar refractivity (Wildman–Crippen MR) is 77.2 cm³/mol. The molecule has 0 aliphatic rings. The van der Waals surface area contributed by atoms with Crippen molar-refractivity contribution in [2.75, 3.05) is 6.54 Å². The fourth-order valence-electron chi connectivity index (χ4n) is 1.76. The predicted octanol–water partition coefficient (Wildman–Crippen LogP) is 3.36. The van der Waals surface area contributed by atoms with Crippen LogP contribution < -0.4 is 5.32 Å². The third-order valence-corrected chi connectivity index (χ3v) is 3.41. The van der Waals surface area contributed by atoms with Crippen molar-refractivity contribution in [1.29, 1.82) is 0 Å². The van der Waals surface area contributed by atoms with Gasteiger partial charge in [-0.1, -0.05) is 29.3 Å². The molecular formula is C14H13Cl2NO3. The number of aliphatic hydroxyl groups is 1. The first kappa shape index (κ1) is 14.9. The van der Waals surface area contributed by atoms with E-state index in [0.717, 1.165) is 5.56 Å². The Balaban J connectivity index is 2.00. The van der Waals surface area contributed by atoms with E-state index in [9.17, 15) is 9.90 Å². The Kier molecular flexibility index (Phi) is 4.70. The zero-order chi connectivity index (χ0) is 14.7. The molecular weight excluding hydrogens is 301 g/mol. The lowest BCUT2D eigenvalue weighted by molar-refractivity contribution is 0.0888. The lowest BCUT2D eigenvalue weighted by Gasteiger charge is -2.13. The number of aliphatic hydroxyl groups excluding tert-OH is 1. The molecule has 0 radical (unpaired) electrons. The van der Waals surface area contributed by atoms with Crippen molar-refractivity contribution in [3.8, 4) is 0 Å². The van der Waals surface area contributed by atoms with Crippen LogP contribution in [0.15, 0.2) is 34.9 Å². The van der Waals surface area contributed by atoms with E-state index < -0.39 is 6.10 Å². The van der Waals surface area contributed by atoms with Crippen LogP contribution in [0, 0.1) is 6.92 Å². The molecule has 0 aliphatic heterocycles. The molecule has 106 valence electrons. The number of hydrogen-bond acceptors (Lipinski definition) is 3. The highest BCUT2D eigenvalue weighted by Crippen LogP contribution is 2.26. The normalized spacial score (nSPS) is 12.2. The SMILES string of the molecule is Cc1ccoc1C(=O)NC[C@@H](O)c1ccc(Cl)cc1Cl. The van der Waals surface area contributed by atoms with Crippen molar-refractivity contribution in [3.63, 3.8) is 0 Å². The van der Waals surface area contributed by atoms with Crippen LogP contribution in [0.3, 0.4) is 0 Å².